The predicted octanol–water partition coefficient (Wildman–Crippen LogP) is 3.23. The average molecular weight is 343 g/mol. The standard InChI is InChI=1S/C20H26FN3O/c21-18-6-3-5-16(14-18)4-1-2-13-23-19-9-7-17(8-10-19)15-24-20(25)11-12-22/h3,5-10,14,23H,1-2,4,11-13,15,22H2,(H,24,25). The van der Waals surface area contributed by atoms with Crippen LogP contribution in [0.1, 0.15) is 30.4 Å². The summed E-state index contributed by atoms with van der Waals surface area (Å²) < 4.78 is 13.1. The molecular weight excluding hydrogens is 317 g/mol. The molecule has 0 atom stereocenters. The summed E-state index contributed by atoms with van der Waals surface area (Å²) in [6.45, 7) is 1.77. The van der Waals surface area contributed by atoms with Crippen LogP contribution in [0.25, 0.3) is 0 Å². The second-order valence-electron chi connectivity index (χ2n) is 6.03. The number of carbonyl (C=O) groups excluding carboxylic acids is 1. The number of hydrogen-bond acceptors (Lipinski definition) is 3. The molecule has 0 heterocycles. The number of benzene rings is 2. The predicted molar refractivity (Wildman–Crippen MR) is 99.8 cm³/mol. The molecule has 0 aromatic heterocycles. The van der Waals surface area contributed by atoms with Crippen molar-refractivity contribution in [3.05, 3.63) is 65.5 Å². The van der Waals surface area contributed by atoms with Gasteiger partial charge in [-0.25, -0.2) is 4.39 Å². The first-order valence-electron chi connectivity index (χ1n) is 8.71. The molecule has 1 amide bonds. The Kier molecular flexibility index (Phi) is 7.92. The maximum Gasteiger partial charge on any atom is 0.221 e. The molecule has 0 radical (unpaired) electrons. The first-order chi connectivity index (χ1) is 12.2. The third-order valence-electron chi connectivity index (χ3n) is 3.93. The van der Waals surface area contributed by atoms with E-state index in [9.17, 15) is 9.18 Å². The lowest BCUT2D eigenvalue weighted by Crippen LogP contribution is -2.24. The maximum absolute atomic E-state index is 13.1. The number of rotatable bonds is 10. The molecular formula is C20H26FN3O. The van der Waals surface area contributed by atoms with Crippen molar-refractivity contribution in [3.63, 3.8) is 0 Å². The Morgan fingerprint density at radius 3 is 2.56 bits per heavy atom. The summed E-state index contributed by atoms with van der Waals surface area (Å²) in [5.41, 5.74) is 8.50. The fourth-order valence-corrected chi connectivity index (χ4v) is 2.54. The molecule has 0 fully saturated rings. The van der Waals surface area contributed by atoms with Gasteiger partial charge in [-0.1, -0.05) is 24.3 Å². The second kappa shape index (κ2) is 10.5. The van der Waals surface area contributed by atoms with Crippen molar-refractivity contribution in [2.24, 2.45) is 5.73 Å². The summed E-state index contributed by atoms with van der Waals surface area (Å²) in [5, 5.41) is 6.21. The van der Waals surface area contributed by atoms with Crippen LogP contribution < -0.4 is 16.4 Å². The van der Waals surface area contributed by atoms with Gasteiger partial charge in [0.2, 0.25) is 5.91 Å². The van der Waals surface area contributed by atoms with E-state index in [2.05, 4.69) is 10.6 Å². The lowest BCUT2D eigenvalue weighted by molar-refractivity contribution is -0.121. The number of amides is 1. The van der Waals surface area contributed by atoms with Gasteiger partial charge in [0, 0.05) is 31.7 Å². The molecule has 25 heavy (non-hydrogen) atoms. The highest BCUT2D eigenvalue weighted by Gasteiger charge is 2.00. The number of nitrogens with two attached hydrogens (primary N) is 1. The first-order valence-corrected chi connectivity index (χ1v) is 8.71. The van der Waals surface area contributed by atoms with Crippen LogP contribution in [-0.2, 0) is 17.8 Å². The quantitative estimate of drug-likeness (QED) is 0.580. The summed E-state index contributed by atoms with van der Waals surface area (Å²) in [4.78, 5) is 11.4. The second-order valence-corrected chi connectivity index (χ2v) is 6.03. The zero-order chi connectivity index (χ0) is 17.9. The van der Waals surface area contributed by atoms with Crippen LogP contribution in [0, 0.1) is 5.82 Å². The Morgan fingerprint density at radius 1 is 1.04 bits per heavy atom. The van der Waals surface area contributed by atoms with Crippen LogP contribution in [0.2, 0.25) is 0 Å². The molecule has 0 aliphatic heterocycles. The summed E-state index contributed by atoms with van der Waals surface area (Å²) >= 11 is 0. The number of hydrogen-bond donors (Lipinski definition) is 3. The van der Waals surface area contributed by atoms with Crippen molar-refractivity contribution in [3.8, 4) is 0 Å². The third kappa shape index (κ3) is 7.35. The van der Waals surface area contributed by atoms with Crippen molar-refractivity contribution >= 4 is 11.6 Å². The molecule has 0 saturated carbocycles. The maximum atomic E-state index is 13.1. The molecule has 0 saturated heterocycles. The number of carbonyl (C=O) groups is 1. The molecule has 134 valence electrons. The van der Waals surface area contributed by atoms with Crippen LogP contribution in [0.5, 0.6) is 0 Å². The minimum atomic E-state index is -0.171. The molecule has 4 nitrogen and oxygen atoms in total. The van der Waals surface area contributed by atoms with Crippen LogP contribution >= 0.6 is 0 Å². The van der Waals surface area contributed by atoms with E-state index < -0.39 is 0 Å². The minimum absolute atomic E-state index is 0.0250. The average Bonchev–Trinajstić information content (AvgIpc) is 2.61. The highest BCUT2D eigenvalue weighted by molar-refractivity contribution is 5.76. The lowest BCUT2D eigenvalue weighted by Gasteiger charge is -2.08. The molecule has 2 aromatic rings. The van der Waals surface area contributed by atoms with Gasteiger partial charge in [-0.15, -0.1) is 0 Å². The van der Waals surface area contributed by atoms with E-state index in [4.69, 9.17) is 5.73 Å². The Morgan fingerprint density at radius 2 is 1.84 bits per heavy atom. The van der Waals surface area contributed by atoms with Gasteiger partial charge in [-0.05, 0) is 54.7 Å². The van der Waals surface area contributed by atoms with Crippen molar-refractivity contribution in [2.45, 2.75) is 32.2 Å². The molecule has 0 aliphatic rings. The molecule has 0 aliphatic carbocycles. The van der Waals surface area contributed by atoms with E-state index in [1.807, 2.05) is 30.3 Å². The lowest BCUT2D eigenvalue weighted by atomic mass is 10.1. The van der Waals surface area contributed by atoms with Crippen LogP contribution in [0.15, 0.2) is 48.5 Å². The van der Waals surface area contributed by atoms with E-state index in [1.165, 1.54) is 6.07 Å². The SMILES string of the molecule is NCCC(=O)NCc1ccc(NCCCCc2cccc(F)c2)cc1. The smallest absolute Gasteiger partial charge is 0.221 e. The van der Waals surface area contributed by atoms with Gasteiger partial charge in [0.15, 0.2) is 0 Å². The molecule has 5 heteroatoms. The summed E-state index contributed by atoms with van der Waals surface area (Å²) in [6, 6.07) is 14.8. The molecule has 0 bridgehead atoms. The molecule has 4 N–H and O–H groups in total. The number of nitrogens with one attached hydrogen (secondary N) is 2. The Balaban J connectivity index is 1.63. The van der Waals surface area contributed by atoms with Gasteiger partial charge in [-0.2, -0.15) is 0 Å². The summed E-state index contributed by atoms with van der Waals surface area (Å²) in [6.07, 6.45) is 3.28. The minimum Gasteiger partial charge on any atom is -0.385 e. The van der Waals surface area contributed by atoms with E-state index in [0.29, 0.717) is 19.5 Å². The van der Waals surface area contributed by atoms with E-state index in [1.54, 1.807) is 12.1 Å². The fourth-order valence-electron chi connectivity index (χ4n) is 2.54. The summed E-state index contributed by atoms with van der Waals surface area (Å²) in [7, 11) is 0. The van der Waals surface area contributed by atoms with Gasteiger partial charge >= 0.3 is 0 Å². The Bertz CT molecular complexity index is 658. The molecule has 0 unspecified atom stereocenters. The number of halogens is 1. The van der Waals surface area contributed by atoms with Crippen molar-refractivity contribution in [1.29, 1.82) is 0 Å². The van der Waals surface area contributed by atoms with Gasteiger partial charge < -0.3 is 16.4 Å². The number of unbranched alkanes of at least 4 members (excludes halogenated alkanes) is 1. The fraction of sp³-hybridized carbons (Fsp3) is 0.350. The van der Waals surface area contributed by atoms with Crippen LogP contribution in [-0.4, -0.2) is 19.0 Å². The van der Waals surface area contributed by atoms with Gasteiger partial charge in [0.05, 0.1) is 0 Å². The van der Waals surface area contributed by atoms with Gasteiger partial charge in [-0.3, -0.25) is 4.79 Å². The highest BCUT2D eigenvalue weighted by Crippen LogP contribution is 2.11. The van der Waals surface area contributed by atoms with Crippen molar-refractivity contribution in [2.75, 3.05) is 18.4 Å². The highest BCUT2D eigenvalue weighted by atomic mass is 19.1. The summed E-state index contributed by atoms with van der Waals surface area (Å²) in [5.74, 6) is -0.196. The van der Waals surface area contributed by atoms with Gasteiger partial charge in [0.25, 0.3) is 0 Å². The van der Waals surface area contributed by atoms with Crippen molar-refractivity contribution < 1.29 is 9.18 Å². The van der Waals surface area contributed by atoms with Gasteiger partial charge in [0.1, 0.15) is 5.82 Å². The largest absolute Gasteiger partial charge is 0.385 e. The molecule has 2 aromatic carbocycles. The van der Waals surface area contributed by atoms with Crippen LogP contribution in [0.4, 0.5) is 10.1 Å². The van der Waals surface area contributed by atoms with E-state index in [-0.39, 0.29) is 11.7 Å². The Labute approximate surface area is 148 Å². The number of aryl methyl sites for hydroxylation is 1. The normalized spacial score (nSPS) is 10.5. The monoisotopic (exact) mass is 343 g/mol. The van der Waals surface area contributed by atoms with Crippen molar-refractivity contribution in [1.82, 2.24) is 5.32 Å². The van der Waals surface area contributed by atoms with Crippen LogP contribution in [0.3, 0.4) is 0 Å². The van der Waals surface area contributed by atoms with E-state index >= 15 is 0 Å². The zero-order valence-electron chi connectivity index (χ0n) is 14.4. The zero-order valence-corrected chi connectivity index (χ0v) is 14.4. The topological polar surface area (TPSA) is 67.2 Å². The van der Waals surface area contributed by atoms with E-state index in [0.717, 1.165) is 42.6 Å². The first kappa shape index (κ1) is 18.9. The third-order valence-corrected chi connectivity index (χ3v) is 3.93. The molecule has 0 spiro atoms. The Hall–Kier alpha value is -2.40. The molecule has 2 rings (SSSR count). The number of anilines is 1.